The number of hydrogen-bond acceptors (Lipinski definition) is 5. The second-order valence-corrected chi connectivity index (χ2v) is 7.98. The highest BCUT2D eigenvalue weighted by Crippen LogP contribution is 2.32. The summed E-state index contributed by atoms with van der Waals surface area (Å²) in [6.45, 7) is 2.38. The minimum absolute atomic E-state index is 0.108. The third-order valence-electron chi connectivity index (χ3n) is 5.32. The van der Waals surface area contributed by atoms with E-state index in [9.17, 15) is 4.79 Å². The fourth-order valence-electron chi connectivity index (χ4n) is 3.64. The number of hydrogen-bond donors (Lipinski definition) is 1. The molecule has 1 N–H and O–H groups in total. The number of fused-ring (bicyclic) bond motifs is 3. The van der Waals surface area contributed by atoms with Gasteiger partial charge in [0.25, 0.3) is 5.56 Å². The van der Waals surface area contributed by atoms with Crippen molar-refractivity contribution in [2.75, 3.05) is 5.32 Å². The molecular formula is C24H20ClN5O2. The van der Waals surface area contributed by atoms with Crippen molar-refractivity contribution in [1.82, 2.24) is 19.2 Å². The number of aromatic nitrogens is 4. The molecule has 0 aliphatic rings. The van der Waals surface area contributed by atoms with E-state index >= 15 is 0 Å². The van der Waals surface area contributed by atoms with Crippen LogP contribution in [0, 0.1) is 6.92 Å². The van der Waals surface area contributed by atoms with Crippen molar-refractivity contribution in [1.29, 1.82) is 0 Å². The summed E-state index contributed by atoms with van der Waals surface area (Å²) in [6, 6.07) is 20.7. The second-order valence-electron chi connectivity index (χ2n) is 7.54. The molecule has 0 aliphatic heterocycles. The maximum absolute atomic E-state index is 12.6. The van der Waals surface area contributed by atoms with Crippen LogP contribution in [0.2, 0.25) is 5.02 Å². The van der Waals surface area contributed by atoms with Crippen molar-refractivity contribution in [2.24, 2.45) is 7.05 Å². The van der Waals surface area contributed by atoms with E-state index in [1.165, 1.54) is 4.57 Å². The van der Waals surface area contributed by atoms with Crippen LogP contribution < -0.4 is 15.6 Å². The number of nitrogens with zero attached hydrogens (tertiary/aromatic N) is 4. The molecular weight excluding hydrogens is 426 g/mol. The molecule has 7 nitrogen and oxygen atoms in total. The number of benzene rings is 3. The van der Waals surface area contributed by atoms with Gasteiger partial charge < -0.3 is 10.1 Å². The highest BCUT2D eigenvalue weighted by Gasteiger charge is 2.15. The number of para-hydroxylation sites is 1. The van der Waals surface area contributed by atoms with Gasteiger partial charge >= 0.3 is 0 Å². The van der Waals surface area contributed by atoms with E-state index in [1.807, 2.05) is 65.9 Å². The SMILES string of the molecule is Cc1ccc(Oc2ccc(Cl)cc2NCc2nnc3n(C)c(=O)c4ccccc4n23)cc1. The summed E-state index contributed by atoms with van der Waals surface area (Å²) in [4.78, 5) is 12.6. The number of ether oxygens (including phenoxy) is 1. The van der Waals surface area contributed by atoms with Gasteiger partial charge in [0.2, 0.25) is 5.78 Å². The first kappa shape index (κ1) is 20.1. The van der Waals surface area contributed by atoms with Gasteiger partial charge in [0, 0.05) is 12.1 Å². The quantitative estimate of drug-likeness (QED) is 0.414. The molecule has 0 amide bonds. The number of nitrogens with one attached hydrogen (secondary N) is 1. The van der Waals surface area contributed by atoms with E-state index in [4.69, 9.17) is 16.3 Å². The molecule has 0 aliphatic carbocycles. The van der Waals surface area contributed by atoms with Crippen molar-refractivity contribution in [3.8, 4) is 11.5 Å². The van der Waals surface area contributed by atoms with Crippen LogP contribution in [0.1, 0.15) is 11.4 Å². The Bertz CT molecular complexity index is 1510. The standard InChI is InChI=1S/C24H20ClN5O2/c1-15-7-10-17(11-8-15)32-21-12-9-16(25)13-19(21)26-14-22-27-28-24-29(2)23(31)18-5-3-4-6-20(18)30(22)24/h3-13,26H,14H2,1-2H3. The first-order valence-electron chi connectivity index (χ1n) is 10.1. The molecule has 0 atom stereocenters. The molecule has 0 bridgehead atoms. The fraction of sp³-hybridized carbons (Fsp3) is 0.125. The van der Waals surface area contributed by atoms with Crippen molar-refractivity contribution in [3.63, 3.8) is 0 Å². The molecule has 32 heavy (non-hydrogen) atoms. The van der Waals surface area contributed by atoms with Gasteiger partial charge in [-0.2, -0.15) is 0 Å². The molecule has 160 valence electrons. The summed E-state index contributed by atoms with van der Waals surface area (Å²) in [5.74, 6) is 2.51. The lowest BCUT2D eigenvalue weighted by atomic mass is 10.2. The largest absolute Gasteiger partial charge is 0.455 e. The highest BCUT2D eigenvalue weighted by molar-refractivity contribution is 6.30. The van der Waals surface area contributed by atoms with Gasteiger partial charge in [-0.15, -0.1) is 10.2 Å². The van der Waals surface area contributed by atoms with Gasteiger partial charge in [-0.3, -0.25) is 13.8 Å². The first-order chi connectivity index (χ1) is 15.5. The molecule has 0 fully saturated rings. The number of aryl methyl sites for hydroxylation is 2. The van der Waals surface area contributed by atoms with Gasteiger partial charge in [-0.1, -0.05) is 41.4 Å². The van der Waals surface area contributed by atoms with Crippen LogP contribution in [0.4, 0.5) is 5.69 Å². The molecule has 5 aromatic rings. The van der Waals surface area contributed by atoms with Crippen molar-refractivity contribution < 1.29 is 4.74 Å². The summed E-state index contributed by atoms with van der Waals surface area (Å²) in [7, 11) is 1.69. The van der Waals surface area contributed by atoms with Gasteiger partial charge in [0.1, 0.15) is 5.75 Å². The van der Waals surface area contributed by atoms with Crippen LogP contribution in [-0.2, 0) is 13.6 Å². The number of anilines is 1. The lowest BCUT2D eigenvalue weighted by Gasteiger charge is -2.14. The van der Waals surface area contributed by atoms with Crippen LogP contribution in [0.25, 0.3) is 16.7 Å². The van der Waals surface area contributed by atoms with Crippen LogP contribution in [0.5, 0.6) is 11.5 Å². The molecule has 0 spiro atoms. The van der Waals surface area contributed by atoms with Crippen LogP contribution in [-0.4, -0.2) is 19.2 Å². The van der Waals surface area contributed by atoms with E-state index in [0.29, 0.717) is 34.3 Å². The molecule has 2 aromatic heterocycles. The fourth-order valence-corrected chi connectivity index (χ4v) is 3.82. The number of halogens is 1. The van der Waals surface area contributed by atoms with Crippen LogP contribution in [0.3, 0.4) is 0 Å². The summed E-state index contributed by atoms with van der Waals surface area (Å²) < 4.78 is 9.46. The minimum Gasteiger partial charge on any atom is -0.455 e. The third-order valence-corrected chi connectivity index (χ3v) is 5.56. The van der Waals surface area contributed by atoms with E-state index in [-0.39, 0.29) is 5.56 Å². The molecule has 5 rings (SSSR count). The van der Waals surface area contributed by atoms with Crippen molar-refractivity contribution in [2.45, 2.75) is 13.5 Å². The zero-order valence-electron chi connectivity index (χ0n) is 17.5. The Morgan fingerprint density at radius 3 is 2.62 bits per heavy atom. The topological polar surface area (TPSA) is 73.4 Å². The molecule has 3 aromatic carbocycles. The third kappa shape index (κ3) is 3.56. The van der Waals surface area contributed by atoms with E-state index in [0.717, 1.165) is 22.5 Å². The Morgan fingerprint density at radius 1 is 1.03 bits per heavy atom. The normalized spacial score (nSPS) is 11.2. The predicted octanol–water partition coefficient (Wildman–Crippen LogP) is 4.95. The van der Waals surface area contributed by atoms with Crippen LogP contribution in [0.15, 0.2) is 71.5 Å². The van der Waals surface area contributed by atoms with Gasteiger partial charge in [-0.05, 0) is 49.4 Å². The van der Waals surface area contributed by atoms with Gasteiger partial charge in [0.15, 0.2) is 11.6 Å². The van der Waals surface area contributed by atoms with E-state index in [1.54, 1.807) is 19.2 Å². The predicted molar refractivity (Wildman–Crippen MR) is 126 cm³/mol. The van der Waals surface area contributed by atoms with Gasteiger partial charge in [-0.25, -0.2) is 0 Å². The summed E-state index contributed by atoms with van der Waals surface area (Å²) >= 11 is 6.25. The lowest BCUT2D eigenvalue weighted by molar-refractivity contribution is 0.484. The Labute approximate surface area is 188 Å². The molecule has 0 radical (unpaired) electrons. The second kappa shape index (κ2) is 8.01. The average Bonchev–Trinajstić information content (AvgIpc) is 3.23. The molecule has 0 saturated heterocycles. The molecule has 0 saturated carbocycles. The Kier molecular flexibility index (Phi) is 5.03. The van der Waals surface area contributed by atoms with Crippen molar-refractivity contribution in [3.05, 3.63) is 93.5 Å². The summed E-state index contributed by atoms with van der Waals surface area (Å²) in [5.41, 5.74) is 2.54. The van der Waals surface area contributed by atoms with Gasteiger partial charge in [0.05, 0.1) is 23.1 Å². The van der Waals surface area contributed by atoms with Crippen molar-refractivity contribution >= 4 is 34.0 Å². The van der Waals surface area contributed by atoms with Crippen LogP contribution >= 0.6 is 11.6 Å². The lowest BCUT2D eigenvalue weighted by Crippen LogP contribution is -2.20. The average molecular weight is 446 g/mol. The monoisotopic (exact) mass is 445 g/mol. The minimum atomic E-state index is -0.108. The maximum atomic E-state index is 12.6. The molecule has 0 unspecified atom stereocenters. The molecule has 8 heteroatoms. The smallest absolute Gasteiger partial charge is 0.262 e. The maximum Gasteiger partial charge on any atom is 0.262 e. The Hall–Kier alpha value is -3.84. The number of rotatable bonds is 5. The zero-order valence-corrected chi connectivity index (χ0v) is 18.3. The van der Waals surface area contributed by atoms with E-state index < -0.39 is 0 Å². The first-order valence-corrected chi connectivity index (χ1v) is 10.5. The summed E-state index contributed by atoms with van der Waals surface area (Å²) in [5, 5.41) is 13.1. The van der Waals surface area contributed by atoms with E-state index in [2.05, 4.69) is 15.5 Å². The highest BCUT2D eigenvalue weighted by atomic mass is 35.5. The molecule has 2 heterocycles. The summed E-state index contributed by atoms with van der Waals surface area (Å²) in [6.07, 6.45) is 0. The Balaban J connectivity index is 1.51. The Morgan fingerprint density at radius 2 is 1.81 bits per heavy atom. The zero-order chi connectivity index (χ0) is 22.2.